The summed E-state index contributed by atoms with van der Waals surface area (Å²) in [5.41, 5.74) is 27.2. The van der Waals surface area contributed by atoms with Crippen molar-refractivity contribution in [3.8, 4) is 101 Å². The highest BCUT2D eigenvalue weighted by Crippen LogP contribution is 2.50. The van der Waals surface area contributed by atoms with E-state index < -0.39 is 0 Å². The smallest absolute Gasteiger partial charge is 0.0990 e. The zero-order valence-electron chi connectivity index (χ0n) is 62.8. The Morgan fingerprint density at radius 3 is 1.30 bits per heavy atom. The maximum atomic E-state index is 5.73. The molecule has 116 heavy (non-hydrogen) atoms. The van der Waals surface area contributed by atoms with Gasteiger partial charge in [-0.3, -0.25) is 9.97 Å². The monoisotopic (exact) mass is 1470 g/mol. The molecule has 0 N–H and O–H groups in total. The maximum absolute atomic E-state index is 5.73. The van der Waals surface area contributed by atoms with E-state index in [1.165, 1.54) is 125 Å². The molecule has 1 aliphatic carbocycles. The van der Waals surface area contributed by atoms with Gasteiger partial charge in [0.05, 0.1) is 50.4 Å². The van der Waals surface area contributed by atoms with Crippen LogP contribution >= 0.6 is 0 Å². The summed E-state index contributed by atoms with van der Waals surface area (Å²) in [6.07, 6.45) is 4.48. The molecule has 0 saturated carbocycles. The molecular weight excluding hydrogens is 1410 g/mol. The molecule has 0 amide bonds. The Labute approximate surface area is 667 Å². The quantitative estimate of drug-likeness (QED) is 0.106. The van der Waals surface area contributed by atoms with Gasteiger partial charge in [0.15, 0.2) is 0 Å². The first kappa shape index (κ1) is 65.5. The summed E-state index contributed by atoms with van der Waals surface area (Å²) in [6, 6.07) is 135. The lowest BCUT2D eigenvalue weighted by atomic mass is 9.79. The van der Waals surface area contributed by atoms with Gasteiger partial charge in [0, 0.05) is 73.2 Å². The van der Waals surface area contributed by atoms with E-state index in [2.05, 4.69) is 358 Å². The molecule has 0 fully saturated rings. The van der Waals surface area contributed by atoms with E-state index in [-0.39, 0.29) is 5.92 Å². The van der Waals surface area contributed by atoms with Crippen molar-refractivity contribution < 1.29 is 0 Å². The first-order valence-electron chi connectivity index (χ1n) is 39.9. The minimum Gasteiger partial charge on any atom is -0.254 e. The molecule has 0 saturated heterocycles. The summed E-state index contributed by atoms with van der Waals surface area (Å²) in [6.45, 7) is 0. The van der Waals surface area contributed by atoms with Crippen molar-refractivity contribution in [1.29, 1.82) is 0 Å². The number of hydrogen-bond acceptors (Lipinski definition) is 6. The first-order valence-corrected chi connectivity index (χ1v) is 39.9. The van der Waals surface area contributed by atoms with Crippen LogP contribution in [0, 0.1) is 0 Å². The highest BCUT2D eigenvalue weighted by atomic mass is 14.8. The van der Waals surface area contributed by atoms with Crippen LogP contribution in [0.4, 0.5) is 0 Å². The van der Waals surface area contributed by atoms with Gasteiger partial charge in [-0.05, 0) is 227 Å². The van der Waals surface area contributed by atoms with Gasteiger partial charge in [0.1, 0.15) is 0 Å². The van der Waals surface area contributed by atoms with Crippen LogP contribution in [0.2, 0.25) is 0 Å². The molecule has 6 aromatic heterocycles. The van der Waals surface area contributed by atoms with Crippen LogP contribution in [-0.4, -0.2) is 29.9 Å². The second kappa shape index (κ2) is 26.2. The fourth-order valence-electron chi connectivity index (χ4n) is 19.2. The molecule has 0 bridgehead atoms. The predicted molar refractivity (Wildman–Crippen MR) is 484 cm³/mol. The molecule has 17 aromatic carbocycles. The second-order valence-corrected chi connectivity index (χ2v) is 31.0. The van der Waals surface area contributed by atoms with Crippen LogP contribution in [0.5, 0.6) is 0 Å². The molecule has 0 spiro atoms. The minimum absolute atomic E-state index is 0.0516. The SMILES string of the molecule is c1cc(-c2ccc3c4cccnc4c4nc(C5Cc6ccc(-c7ccc8c(-c9ccc%10ccccc%10c9)c9ccccc9c(-c9ccc%10ccccc%10c9)c8c7)nc6-c6ccccc65)ccc4c3n2)cc(-c2cc(-c3ccc(-c4c5ccccc5c(-c5ccc6ccccc6c5)c5ccccc45)cc3)nc3c2ccc2cccnc23)c1. The minimum atomic E-state index is -0.0516. The van der Waals surface area contributed by atoms with E-state index in [4.69, 9.17) is 29.9 Å². The van der Waals surface area contributed by atoms with Crippen molar-refractivity contribution in [3.05, 3.63) is 399 Å². The average molecular weight is 1470 g/mol. The normalized spacial score (nSPS) is 12.9. The molecule has 536 valence electrons. The van der Waals surface area contributed by atoms with Crippen LogP contribution in [0.3, 0.4) is 0 Å². The highest BCUT2D eigenvalue weighted by Gasteiger charge is 2.30. The Morgan fingerprint density at radius 2 is 0.647 bits per heavy atom. The van der Waals surface area contributed by atoms with Crippen LogP contribution in [0.1, 0.15) is 22.7 Å². The number of rotatable bonds is 9. The number of hydrogen-bond donors (Lipinski definition) is 0. The van der Waals surface area contributed by atoms with Crippen LogP contribution in [0.25, 0.3) is 231 Å². The van der Waals surface area contributed by atoms with Gasteiger partial charge >= 0.3 is 0 Å². The van der Waals surface area contributed by atoms with Crippen LogP contribution in [-0.2, 0) is 6.42 Å². The summed E-state index contributed by atoms with van der Waals surface area (Å²) in [5.74, 6) is -0.0516. The third-order valence-corrected chi connectivity index (χ3v) is 24.6. The summed E-state index contributed by atoms with van der Waals surface area (Å²) in [5, 5.41) is 22.1. The van der Waals surface area contributed by atoms with Crippen molar-refractivity contribution in [2.24, 2.45) is 0 Å². The van der Waals surface area contributed by atoms with Crippen molar-refractivity contribution in [3.63, 3.8) is 0 Å². The van der Waals surface area contributed by atoms with Crippen molar-refractivity contribution in [1.82, 2.24) is 29.9 Å². The van der Waals surface area contributed by atoms with Gasteiger partial charge in [-0.15, -0.1) is 0 Å². The second-order valence-electron chi connectivity index (χ2n) is 31.0. The lowest BCUT2D eigenvalue weighted by Gasteiger charge is -2.27. The predicted octanol–water partition coefficient (Wildman–Crippen LogP) is 28.6. The molecule has 24 rings (SSSR count). The maximum Gasteiger partial charge on any atom is 0.0990 e. The molecule has 0 aliphatic heterocycles. The Hall–Kier alpha value is -15.2. The first-order chi connectivity index (χ1) is 57.5. The number of benzene rings is 17. The third kappa shape index (κ3) is 10.5. The van der Waals surface area contributed by atoms with E-state index in [0.29, 0.717) is 0 Å². The molecule has 6 heterocycles. The van der Waals surface area contributed by atoms with Crippen molar-refractivity contribution in [2.45, 2.75) is 12.3 Å². The largest absolute Gasteiger partial charge is 0.254 e. The van der Waals surface area contributed by atoms with E-state index in [0.717, 1.165) is 128 Å². The molecule has 6 nitrogen and oxygen atoms in total. The van der Waals surface area contributed by atoms with E-state index in [9.17, 15) is 0 Å². The molecule has 0 radical (unpaired) electrons. The summed E-state index contributed by atoms with van der Waals surface area (Å²) in [4.78, 5) is 32.7. The highest BCUT2D eigenvalue weighted by molar-refractivity contribution is 6.25. The third-order valence-electron chi connectivity index (χ3n) is 24.6. The van der Waals surface area contributed by atoms with Crippen molar-refractivity contribution >= 4 is 130 Å². The summed E-state index contributed by atoms with van der Waals surface area (Å²) >= 11 is 0. The zero-order chi connectivity index (χ0) is 76.1. The lowest BCUT2D eigenvalue weighted by Crippen LogP contribution is -2.15. The van der Waals surface area contributed by atoms with Gasteiger partial charge in [-0.2, -0.15) is 0 Å². The fourth-order valence-corrected chi connectivity index (χ4v) is 19.2. The van der Waals surface area contributed by atoms with Gasteiger partial charge in [-0.1, -0.05) is 291 Å². The van der Waals surface area contributed by atoms with Gasteiger partial charge in [0.25, 0.3) is 0 Å². The number of pyridine rings is 6. The molecular formula is C110H66N6. The van der Waals surface area contributed by atoms with E-state index in [1.807, 2.05) is 24.5 Å². The molecule has 1 aliphatic rings. The standard InChI is InChI=1S/C110H66N6/c1-4-21-71-58-77(43-36-65(71)18-1)102-84-30-10-8-28-82(84)101(83-29-9-11-31-85(83)102)69-41-39-68(40-42-69)100-64-94(92-50-46-70-26-16-56-111-106(70)109(92)116-100)74-24-15-25-75(61-74)98-54-51-91-90-35-17-57-112-108(90)110-93(107(91)114-98)52-55-99(115-110)95-63-80-48-53-97(113-105(80)89-34-14-7-27-81(89)95)76-47-49-88-96(62-76)104(79-45-38-67-20-3-6-23-73(67)60-79)87-33-13-12-32-86(87)103(88)78-44-37-66-19-2-5-22-72(66)59-78/h1-62,64,95H,63H2. The van der Waals surface area contributed by atoms with Gasteiger partial charge in [0.2, 0.25) is 0 Å². The van der Waals surface area contributed by atoms with E-state index in [1.54, 1.807) is 0 Å². The molecule has 1 atom stereocenters. The Balaban J connectivity index is 0.586. The summed E-state index contributed by atoms with van der Waals surface area (Å²) in [7, 11) is 0. The van der Waals surface area contributed by atoms with Crippen LogP contribution in [0.15, 0.2) is 382 Å². The average Bonchev–Trinajstić information content (AvgIpc) is 0.737. The van der Waals surface area contributed by atoms with E-state index >= 15 is 0 Å². The van der Waals surface area contributed by atoms with Crippen molar-refractivity contribution in [2.75, 3.05) is 0 Å². The van der Waals surface area contributed by atoms with Gasteiger partial charge < -0.3 is 0 Å². The summed E-state index contributed by atoms with van der Waals surface area (Å²) < 4.78 is 0. The Kier molecular flexibility index (Phi) is 14.8. The Morgan fingerprint density at radius 1 is 0.207 bits per heavy atom. The zero-order valence-corrected chi connectivity index (χ0v) is 62.8. The molecule has 6 heteroatoms. The topological polar surface area (TPSA) is 77.3 Å². The molecule has 1 unspecified atom stereocenters. The molecule has 23 aromatic rings. The number of aromatic nitrogens is 6. The number of nitrogens with zero attached hydrogens (tertiary/aromatic N) is 6. The lowest BCUT2D eigenvalue weighted by molar-refractivity contribution is 0.764. The van der Waals surface area contributed by atoms with Crippen LogP contribution < -0.4 is 0 Å². The fraction of sp³-hybridized carbons (Fsp3) is 0.0182. The Bertz CT molecular complexity index is 8090. The van der Waals surface area contributed by atoms with Gasteiger partial charge in [-0.25, -0.2) is 19.9 Å². The number of fused-ring (bicyclic) bond motifs is 19.